The van der Waals surface area contributed by atoms with Crippen LogP contribution in [0.25, 0.3) is 0 Å². The van der Waals surface area contributed by atoms with E-state index in [9.17, 15) is 27.9 Å². The summed E-state index contributed by atoms with van der Waals surface area (Å²) in [4.78, 5) is 25.3. The summed E-state index contributed by atoms with van der Waals surface area (Å²) in [5.74, 6) is -3.07. The lowest BCUT2D eigenvalue weighted by atomic mass is 9.76. The summed E-state index contributed by atoms with van der Waals surface area (Å²) in [7, 11) is 0. The standard InChI is InChI=1S/C22H22ClF3N2O3/c1-20(2,3)14-8-4-12(5-9-14)17-16(18(29)13-6-10-15(23)11-7-13)21(31,22(24,25)26)28-19(30)27-17/h4-11,16-17,31H,1-3H3,(H2,27,28,30)/t16-,17+,21-/m0/s1. The van der Waals surface area contributed by atoms with Crippen molar-refractivity contribution in [2.24, 2.45) is 5.92 Å². The maximum Gasteiger partial charge on any atom is 0.437 e. The Morgan fingerprint density at radius 3 is 2.06 bits per heavy atom. The molecule has 166 valence electrons. The van der Waals surface area contributed by atoms with Crippen LogP contribution in [0.4, 0.5) is 18.0 Å². The number of nitrogens with one attached hydrogen (secondary N) is 2. The lowest BCUT2D eigenvalue weighted by Crippen LogP contribution is -2.72. The number of hydrogen-bond donors (Lipinski definition) is 3. The number of Topliss-reactive ketones (excluding diaryl/α,β-unsaturated/α-hetero) is 1. The van der Waals surface area contributed by atoms with Gasteiger partial charge in [0.25, 0.3) is 0 Å². The quantitative estimate of drug-likeness (QED) is 0.586. The summed E-state index contributed by atoms with van der Waals surface area (Å²) < 4.78 is 41.8. The Kier molecular flexibility index (Phi) is 5.84. The average molecular weight is 455 g/mol. The molecule has 1 heterocycles. The highest BCUT2D eigenvalue weighted by Gasteiger charge is 2.66. The number of halogens is 4. The molecule has 31 heavy (non-hydrogen) atoms. The van der Waals surface area contributed by atoms with Crippen molar-refractivity contribution in [2.75, 3.05) is 0 Å². The Morgan fingerprint density at radius 1 is 1.03 bits per heavy atom. The molecule has 0 spiro atoms. The maximum atomic E-state index is 13.9. The Bertz CT molecular complexity index is 985. The zero-order valence-electron chi connectivity index (χ0n) is 17.0. The largest absolute Gasteiger partial charge is 0.437 e. The molecule has 5 nitrogen and oxygen atoms in total. The van der Waals surface area contributed by atoms with E-state index in [2.05, 4.69) is 5.32 Å². The Balaban J connectivity index is 2.13. The molecule has 3 atom stereocenters. The minimum atomic E-state index is -5.30. The van der Waals surface area contributed by atoms with Crippen LogP contribution in [0.1, 0.15) is 48.3 Å². The summed E-state index contributed by atoms with van der Waals surface area (Å²) in [6, 6.07) is 9.18. The average Bonchev–Trinajstić information content (AvgIpc) is 2.66. The summed E-state index contributed by atoms with van der Waals surface area (Å²) in [6.45, 7) is 5.93. The van der Waals surface area contributed by atoms with Crippen LogP contribution in [0.2, 0.25) is 5.02 Å². The van der Waals surface area contributed by atoms with Crippen LogP contribution in [-0.4, -0.2) is 28.8 Å². The Labute approximate surface area is 182 Å². The van der Waals surface area contributed by atoms with Gasteiger partial charge in [-0.3, -0.25) is 4.79 Å². The van der Waals surface area contributed by atoms with E-state index in [4.69, 9.17) is 11.6 Å². The maximum absolute atomic E-state index is 13.9. The van der Waals surface area contributed by atoms with Crippen LogP contribution in [-0.2, 0) is 5.41 Å². The normalized spacial score (nSPS) is 24.3. The molecule has 0 unspecified atom stereocenters. The van der Waals surface area contributed by atoms with Crippen molar-refractivity contribution in [3.05, 3.63) is 70.2 Å². The minimum Gasteiger partial charge on any atom is -0.363 e. The molecule has 1 aliphatic rings. The summed E-state index contributed by atoms with van der Waals surface area (Å²) >= 11 is 5.82. The molecule has 3 N–H and O–H groups in total. The van der Waals surface area contributed by atoms with Crippen LogP contribution in [0.3, 0.4) is 0 Å². The number of alkyl halides is 3. The van der Waals surface area contributed by atoms with Gasteiger partial charge in [-0.05, 0) is 40.8 Å². The molecule has 2 amide bonds. The minimum absolute atomic E-state index is 0.0775. The summed E-state index contributed by atoms with van der Waals surface area (Å²) in [5.41, 5.74) is -2.87. The first kappa shape index (κ1) is 23.1. The third kappa shape index (κ3) is 4.41. The second-order valence-electron chi connectivity index (χ2n) is 8.56. The molecule has 0 radical (unpaired) electrons. The number of ketones is 1. The SMILES string of the molecule is CC(C)(C)c1ccc([C@H]2NC(=O)N[C@@](O)(C(F)(F)F)[C@@H]2C(=O)c2ccc(Cl)cc2)cc1. The van der Waals surface area contributed by atoms with E-state index < -0.39 is 35.7 Å². The highest BCUT2D eigenvalue weighted by molar-refractivity contribution is 6.30. The monoisotopic (exact) mass is 454 g/mol. The fourth-order valence-corrected chi connectivity index (χ4v) is 3.73. The lowest BCUT2D eigenvalue weighted by molar-refractivity contribution is -0.287. The van der Waals surface area contributed by atoms with E-state index in [-0.39, 0.29) is 16.5 Å². The van der Waals surface area contributed by atoms with Crippen molar-refractivity contribution in [1.82, 2.24) is 10.6 Å². The number of amides is 2. The highest BCUT2D eigenvalue weighted by atomic mass is 35.5. The first-order chi connectivity index (χ1) is 14.2. The van der Waals surface area contributed by atoms with Crippen LogP contribution in [0, 0.1) is 5.92 Å². The van der Waals surface area contributed by atoms with Gasteiger partial charge in [0.05, 0.1) is 6.04 Å². The van der Waals surface area contributed by atoms with Crippen molar-refractivity contribution < 1.29 is 27.9 Å². The number of carbonyl (C=O) groups excluding carboxylic acids is 2. The predicted molar refractivity (Wildman–Crippen MR) is 110 cm³/mol. The number of benzene rings is 2. The van der Waals surface area contributed by atoms with Crippen LogP contribution in [0.15, 0.2) is 48.5 Å². The van der Waals surface area contributed by atoms with Crippen LogP contribution < -0.4 is 10.6 Å². The van der Waals surface area contributed by atoms with Crippen molar-refractivity contribution in [2.45, 2.75) is 44.1 Å². The molecule has 2 aromatic carbocycles. The van der Waals surface area contributed by atoms with Gasteiger partial charge in [0.15, 0.2) is 5.78 Å². The molecule has 1 saturated heterocycles. The van der Waals surface area contributed by atoms with E-state index in [1.807, 2.05) is 20.8 Å². The third-order valence-corrected chi connectivity index (χ3v) is 5.61. The fourth-order valence-electron chi connectivity index (χ4n) is 3.60. The zero-order chi connectivity index (χ0) is 23.2. The molecule has 1 aliphatic heterocycles. The van der Waals surface area contributed by atoms with Crippen molar-refractivity contribution >= 4 is 23.4 Å². The van der Waals surface area contributed by atoms with Gasteiger partial charge in [-0.25, -0.2) is 4.79 Å². The lowest BCUT2D eigenvalue weighted by Gasteiger charge is -2.45. The summed E-state index contributed by atoms with van der Waals surface area (Å²) in [5, 5.41) is 14.8. The smallest absolute Gasteiger partial charge is 0.363 e. The molecule has 2 aromatic rings. The van der Waals surface area contributed by atoms with E-state index in [1.54, 1.807) is 24.3 Å². The zero-order valence-corrected chi connectivity index (χ0v) is 17.8. The van der Waals surface area contributed by atoms with Crippen LogP contribution >= 0.6 is 11.6 Å². The molecule has 0 bridgehead atoms. The van der Waals surface area contributed by atoms with Crippen molar-refractivity contribution in [3.8, 4) is 0 Å². The number of carbonyl (C=O) groups is 2. The number of rotatable bonds is 3. The van der Waals surface area contributed by atoms with E-state index in [0.29, 0.717) is 5.02 Å². The number of urea groups is 1. The predicted octanol–water partition coefficient (Wildman–Crippen LogP) is 4.74. The van der Waals surface area contributed by atoms with Gasteiger partial charge in [-0.15, -0.1) is 0 Å². The molecular formula is C22H22ClF3N2O3. The second kappa shape index (κ2) is 7.84. The molecule has 0 aliphatic carbocycles. The number of hydrogen-bond acceptors (Lipinski definition) is 3. The van der Waals surface area contributed by atoms with Gasteiger partial charge < -0.3 is 15.7 Å². The van der Waals surface area contributed by atoms with Gasteiger partial charge in [-0.1, -0.05) is 56.6 Å². The molecule has 3 rings (SSSR count). The van der Waals surface area contributed by atoms with Crippen LogP contribution in [0.5, 0.6) is 0 Å². The first-order valence-electron chi connectivity index (χ1n) is 9.52. The molecule has 1 fully saturated rings. The summed E-state index contributed by atoms with van der Waals surface area (Å²) in [6.07, 6.45) is -5.30. The van der Waals surface area contributed by atoms with Gasteiger partial charge in [0.2, 0.25) is 5.72 Å². The first-order valence-corrected chi connectivity index (χ1v) is 9.90. The van der Waals surface area contributed by atoms with Gasteiger partial charge in [0.1, 0.15) is 5.92 Å². The third-order valence-electron chi connectivity index (χ3n) is 5.35. The highest BCUT2D eigenvalue weighted by Crippen LogP contribution is 2.44. The van der Waals surface area contributed by atoms with Gasteiger partial charge in [-0.2, -0.15) is 13.2 Å². The molecular weight excluding hydrogens is 433 g/mol. The topological polar surface area (TPSA) is 78.4 Å². The fraction of sp³-hybridized carbons (Fsp3) is 0.364. The van der Waals surface area contributed by atoms with Crippen molar-refractivity contribution in [1.29, 1.82) is 0 Å². The molecule has 9 heteroatoms. The van der Waals surface area contributed by atoms with E-state index in [0.717, 1.165) is 5.56 Å². The van der Waals surface area contributed by atoms with Gasteiger partial charge in [0, 0.05) is 10.6 Å². The van der Waals surface area contributed by atoms with Crippen molar-refractivity contribution in [3.63, 3.8) is 0 Å². The Morgan fingerprint density at radius 2 is 1.58 bits per heavy atom. The van der Waals surface area contributed by atoms with Gasteiger partial charge >= 0.3 is 12.2 Å². The van der Waals surface area contributed by atoms with E-state index >= 15 is 0 Å². The van der Waals surface area contributed by atoms with E-state index in [1.165, 1.54) is 29.6 Å². The Hall–Kier alpha value is -2.58. The molecule has 0 saturated carbocycles. The number of aliphatic hydroxyl groups is 1. The molecule has 0 aromatic heterocycles. The second-order valence-corrected chi connectivity index (χ2v) is 9.00.